The summed E-state index contributed by atoms with van der Waals surface area (Å²) < 4.78 is 5.41. The molecule has 1 aliphatic heterocycles. The summed E-state index contributed by atoms with van der Waals surface area (Å²) in [7, 11) is 1.73. The number of hydrogen-bond donors (Lipinski definition) is 0. The summed E-state index contributed by atoms with van der Waals surface area (Å²) in [6, 6.07) is 7.47. The van der Waals surface area contributed by atoms with Crippen LogP contribution in [-0.2, 0) is 14.3 Å². The van der Waals surface area contributed by atoms with Crippen molar-refractivity contribution in [2.45, 2.75) is 38.7 Å². The van der Waals surface area contributed by atoms with Crippen LogP contribution in [0.25, 0.3) is 0 Å². The van der Waals surface area contributed by atoms with Gasteiger partial charge in [0.05, 0.1) is 5.92 Å². The molecule has 0 saturated carbocycles. The van der Waals surface area contributed by atoms with Gasteiger partial charge in [-0.05, 0) is 32.4 Å². The SMILES string of the molecule is CN1C(=O)C[C@H](C(=O)OC(C)(C)C)c2ccccc21. The number of para-hydroxylation sites is 1. The number of ether oxygens (including phenoxy) is 1. The third kappa shape index (κ3) is 2.78. The number of esters is 1. The molecule has 0 radical (unpaired) electrons. The first-order valence-electron chi connectivity index (χ1n) is 6.38. The van der Waals surface area contributed by atoms with Gasteiger partial charge in [-0.25, -0.2) is 0 Å². The summed E-state index contributed by atoms with van der Waals surface area (Å²) in [5, 5.41) is 0. The molecule has 2 rings (SSSR count). The van der Waals surface area contributed by atoms with Crippen LogP contribution in [0.5, 0.6) is 0 Å². The smallest absolute Gasteiger partial charge is 0.314 e. The monoisotopic (exact) mass is 261 g/mol. The Balaban J connectivity index is 2.35. The Morgan fingerprint density at radius 3 is 2.58 bits per heavy atom. The number of nitrogens with zero attached hydrogens (tertiary/aromatic N) is 1. The number of anilines is 1. The minimum atomic E-state index is -0.543. The van der Waals surface area contributed by atoms with E-state index < -0.39 is 11.5 Å². The average molecular weight is 261 g/mol. The fraction of sp³-hybridized carbons (Fsp3) is 0.467. The molecule has 0 bridgehead atoms. The molecule has 102 valence electrons. The van der Waals surface area contributed by atoms with Crippen LogP contribution in [0, 0.1) is 0 Å². The van der Waals surface area contributed by atoms with E-state index in [0.29, 0.717) is 0 Å². The lowest BCUT2D eigenvalue weighted by Gasteiger charge is -2.32. The zero-order valence-corrected chi connectivity index (χ0v) is 11.8. The number of benzene rings is 1. The maximum absolute atomic E-state index is 12.2. The van der Waals surface area contributed by atoms with Crippen LogP contribution in [0.2, 0.25) is 0 Å². The third-order valence-electron chi connectivity index (χ3n) is 3.12. The highest BCUT2D eigenvalue weighted by Crippen LogP contribution is 2.36. The second-order valence-corrected chi connectivity index (χ2v) is 5.80. The maximum atomic E-state index is 12.2. The Hall–Kier alpha value is -1.84. The molecule has 1 amide bonds. The highest BCUT2D eigenvalue weighted by atomic mass is 16.6. The topological polar surface area (TPSA) is 46.6 Å². The molecule has 0 saturated heterocycles. The summed E-state index contributed by atoms with van der Waals surface area (Å²) in [6.45, 7) is 5.48. The highest BCUT2D eigenvalue weighted by Gasteiger charge is 2.35. The van der Waals surface area contributed by atoms with Crippen LogP contribution in [0.4, 0.5) is 5.69 Å². The Morgan fingerprint density at radius 1 is 1.32 bits per heavy atom. The average Bonchev–Trinajstić information content (AvgIpc) is 2.31. The molecule has 0 spiro atoms. The summed E-state index contributed by atoms with van der Waals surface area (Å²) >= 11 is 0. The number of hydrogen-bond acceptors (Lipinski definition) is 3. The van der Waals surface area contributed by atoms with Gasteiger partial charge in [-0.15, -0.1) is 0 Å². The second-order valence-electron chi connectivity index (χ2n) is 5.80. The first-order valence-corrected chi connectivity index (χ1v) is 6.38. The first-order chi connectivity index (χ1) is 8.79. The number of amides is 1. The molecule has 0 unspecified atom stereocenters. The Morgan fingerprint density at radius 2 is 1.95 bits per heavy atom. The van der Waals surface area contributed by atoms with Gasteiger partial charge in [-0.2, -0.15) is 0 Å². The van der Waals surface area contributed by atoms with Crippen molar-refractivity contribution in [2.75, 3.05) is 11.9 Å². The van der Waals surface area contributed by atoms with Crippen molar-refractivity contribution < 1.29 is 14.3 Å². The molecule has 0 aromatic heterocycles. The second kappa shape index (κ2) is 4.68. The quantitative estimate of drug-likeness (QED) is 0.730. The van der Waals surface area contributed by atoms with Crippen molar-refractivity contribution in [1.29, 1.82) is 0 Å². The van der Waals surface area contributed by atoms with Crippen molar-refractivity contribution in [1.82, 2.24) is 0 Å². The molecule has 1 aliphatic rings. The summed E-state index contributed by atoms with van der Waals surface area (Å²) in [5.74, 6) is -0.893. The van der Waals surface area contributed by atoms with Gasteiger partial charge < -0.3 is 9.64 Å². The van der Waals surface area contributed by atoms with Gasteiger partial charge >= 0.3 is 5.97 Å². The molecule has 0 fully saturated rings. The van der Waals surface area contributed by atoms with Gasteiger partial charge in [0.25, 0.3) is 0 Å². The van der Waals surface area contributed by atoms with Crippen molar-refractivity contribution >= 4 is 17.6 Å². The molecule has 1 aromatic rings. The number of rotatable bonds is 1. The van der Waals surface area contributed by atoms with Crippen molar-refractivity contribution in [3.63, 3.8) is 0 Å². The van der Waals surface area contributed by atoms with Crippen LogP contribution >= 0.6 is 0 Å². The zero-order valence-electron chi connectivity index (χ0n) is 11.8. The predicted molar refractivity (Wildman–Crippen MR) is 73.1 cm³/mol. The van der Waals surface area contributed by atoms with Gasteiger partial charge in [0, 0.05) is 19.2 Å². The maximum Gasteiger partial charge on any atom is 0.314 e. The van der Waals surface area contributed by atoms with Crippen LogP contribution in [0.15, 0.2) is 24.3 Å². The number of fused-ring (bicyclic) bond motifs is 1. The standard InChI is InChI=1S/C15H19NO3/c1-15(2,3)19-14(18)11-9-13(17)16(4)12-8-6-5-7-10(11)12/h5-8,11H,9H2,1-4H3/t11-/m0/s1. The number of carbonyl (C=O) groups is 2. The van der Waals surface area contributed by atoms with E-state index in [1.807, 2.05) is 45.0 Å². The lowest BCUT2D eigenvalue weighted by Crippen LogP contribution is -2.37. The molecular weight excluding hydrogens is 242 g/mol. The van der Waals surface area contributed by atoms with Gasteiger partial charge in [-0.3, -0.25) is 9.59 Å². The van der Waals surface area contributed by atoms with E-state index in [2.05, 4.69) is 0 Å². The molecule has 1 aromatic carbocycles. The van der Waals surface area contributed by atoms with Crippen molar-refractivity contribution in [3.8, 4) is 0 Å². The van der Waals surface area contributed by atoms with Gasteiger partial charge in [0.2, 0.25) is 5.91 Å². The van der Waals surface area contributed by atoms with Gasteiger partial charge in [-0.1, -0.05) is 18.2 Å². The number of carbonyl (C=O) groups excluding carboxylic acids is 2. The zero-order chi connectivity index (χ0) is 14.2. The summed E-state index contributed by atoms with van der Waals surface area (Å²) in [6.07, 6.45) is 0.169. The predicted octanol–water partition coefficient (Wildman–Crippen LogP) is 2.48. The third-order valence-corrected chi connectivity index (χ3v) is 3.12. The first kappa shape index (κ1) is 13.6. The van der Waals surface area contributed by atoms with Crippen molar-refractivity contribution in [2.24, 2.45) is 0 Å². The van der Waals surface area contributed by atoms with Crippen LogP contribution in [0.3, 0.4) is 0 Å². The molecule has 0 aliphatic carbocycles. The van der Waals surface area contributed by atoms with E-state index in [9.17, 15) is 9.59 Å². The van der Waals surface area contributed by atoms with Crippen LogP contribution in [-0.4, -0.2) is 24.5 Å². The van der Waals surface area contributed by atoms with E-state index in [-0.39, 0.29) is 18.3 Å². The Labute approximate surface area is 113 Å². The van der Waals surface area contributed by atoms with Gasteiger partial charge in [0.15, 0.2) is 0 Å². The minimum Gasteiger partial charge on any atom is -0.459 e. The molecular formula is C15H19NO3. The van der Waals surface area contributed by atoms with Gasteiger partial charge in [0.1, 0.15) is 5.60 Å². The molecule has 19 heavy (non-hydrogen) atoms. The van der Waals surface area contributed by atoms with Crippen LogP contribution in [0.1, 0.15) is 38.7 Å². The van der Waals surface area contributed by atoms with E-state index in [0.717, 1.165) is 11.3 Å². The van der Waals surface area contributed by atoms with E-state index in [4.69, 9.17) is 4.74 Å². The largest absolute Gasteiger partial charge is 0.459 e. The summed E-state index contributed by atoms with van der Waals surface area (Å²) in [4.78, 5) is 25.8. The lowest BCUT2D eigenvalue weighted by molar-refractivity contribution is -0.157. The Bertz CT molecular complexity index is 516. The summed E-state index contributed by atoms with van der Waals surface area (Å²) in [5.41, 5.74) is 1.10. The minimum absolute atomic E-state index is 0.0606. The van der Waals surface area contributed by atoms with E-state index >= 15 is 0 Å². The molecule has 1 heterocycles. The van der Waals surface area contributed by atoms with E-state index in [1.165, 1.54) is 0 Å². The molecule has 0 N–H and O–H groups in total. The van der Waals surface area contributed by atoms with Crippen LogP contribution < -0.4 is 4.90 Å². The lowest BCUT2D eigenvalue weighted by atomic mass is 9.89. The molecule has 4 heteroatoms. The molecule has 4 nitrogen and oxygen atoms in total. The fourth-order valence-electron chi connectivity index (χ4n) is 2.23. The van der Waals surface area contributed by atoms with E-state index in [1.54, 1.807) is 11.9 Å². The Kier molecular flexibility index (Phi) is 3.35. The van der Waals surface area contributed by atoms with Crippen molar-refractivity contribution in [3.05, 3.63) is 29.8 Å². The normalized spacial score (nSPS) is 19.1. The highest BCUT2D eigenvalue weighted by molar-refractivity contribution is 6.01. The molecule has 1 atom stereocenters. The fourth-order valence-corrected chi connectivity index (χ4v) is 2.23.